The molecule has 0 amide bonds. The molecule has 1 aromatic carbocycles. The van der Waals surface area contributed by atoms with Crippen molar-refractivity contribution in [1.29, 1.82) is 0 Å². The van der Waals surface area contributed by atoms with E-state index in [1.54, 1.807) is 18.2 Å². The van der Waals surface area contributed by atoms with Crippen molar-refractivity contribution in [2.75, 3.05) is 13.2 Å². The van der Waals surface area contributed by atoms with E-state index in [2.05, 4.69) is 0 Å². The quantitative estimate of drug-likeness (QED) is 0.807. The van der Waals surface area contributed by atoms with Gasteiger partial charge in [0.1, 0.15) is 0 Å². The number of aromatic carboxylic acids is 1. The molecule has 1 saturated heterocycles. The predicted molar refractivity (Wildman–Crippen MR) is 56.2 cm³/mol. The van der Waals surface area contributed by atoms with Gasteiger partial charge in [-0.25, -0.2) is 4.79 Å². The van der Waals surface area contributed by atoms with Crippen molar-refractivity contribution in [3.8, 4) is 0 Å². The van der Waals surface area contributed by atoms with Gasteiger partial charge >= 0.3 is 5.97 Å². The smallest absolute Gasteiger partial charge is 0.335 e. The van der Waals surface area contributed by atoms with Crippen molar-refractivity contribution in [2.45, 2.75) is 18.8 Å². The Labute approximate surface area is 88.7 Å². The molecule has 2 rings (SSSR count). The second-order valence-corrected chi connectivity index (χ2v) is 3.84. The zero-order valence-electron chi connectivity index (χ0n) is 8.48. The summed E-state index contributed by atoms with van der Waals surface area (Å²) in [5.41, 5.74) is 1.44. The molecule has 0 radical (unpaired) electrons. The van der Waals surface area contributed by atoms with Gasteiger partial charge in [-0.2, -0.15) is 0 Å². The highest BCUT2D eigenvalue weighted by atomic mass is 16.5. The summed E-state index contributed by atoms with van der Waals surface area (Å²) in [6, 6.07) is 7.15. The van der Waals surface area contributed by atoms with Gasteiger partial charge in [0, 0.05) is 12.5 Å². The summed E-state index contributed by atoms with van der Waals surface area (Å²) >= 11 is 0. The van der Waals surface area contributed by atoms with Crippen LogP contribution in [-0.4, -0.2) is 24.3 Å². The third-order valence-electron chi connectivity index (χ3n) is 2.77. The number of ether oxygens (including phenoxy) is 1. The molecule has 1 unspecified atom stereocenters. The minimum Gasteiger partial charge on any atom is -0.478 e. The van der Waals surface area contributed by atoms with Crippen LogP contribution < -0.4 is 0 Å². The highest BCUT2D eigenvalue weighted by molar-refractivity contribution is 5.87. The van der Waals surface area contributed by atoms with Gasteiger partial charge in [0.2, 0.25) is 0 Å². The Bertz CT molecular complexity index is 354. The maximum absolute atomic E-state index is 10.8. The van der Waals surface area contributed by atoms with Gasteiger partial charge in [-0.05, 0) is 30.5 Å². The van der Waals surface area contributed by atoms with Gasteiger partial charge in [0.15, 0.2) is 0 Å². The summed E-state index contributed by atoms with van der Waals surface area (Å²) in [5.74, 6) is -0.508. The Kier molecular flexibility index (Phi) is 3.02. The lowest BCUT2D eigenvalue weighted by molar-refractivity contribution is 0.0694. The van der Waals surface area contributed by atoms with E-state index >= 15 is 0 Å². The summed E-state index contributed by atoms with van der Waals surface area (Å²) in [5, 5.41) is 8.88. The summed E-state index contributed by atoms with van der Waals surface area (Å²) < 4.78 is 5.39. The Morgan fingerprint density at radius 1 is 1.47 bits per heavy atom. The molecular weight excluding hydrogens is 192 g/mol. The number of hydrogen-bond acceptors (Lipinski definition) is 2. The van der Waals surface area contributed by atoms with Gasteiger partial charge in [0.05, 0.1) is 12.2 Å². The Morgan fingerprint density at radius 3 is 3.00 bits per heavy atom. The lowest BCUT2D eigenvalue weighted by Gasteiger charge is -2.22. The Hall–Kier alpha value is -1.35. The van der Waals surface area contributed by atoms with E-state index in [1.165, 1.54) is 0 Å². The van der Waals surface area contributed by atoms with Crippen molar-refractivity contribution < 1.29 is 14.6 Å². The number of carbonyl (C=O) groups is 1. The van der Waals surface area contributed by atoms with Crippen LogP contribution in [0.3, 0.4) is 0 Å². The first-order valence-electron chi connectivity index (χ1n) is 5.18. The van der Waals surface area contributed by atoms with Crippen LogP contribution in [0.15, 0.2) is 24.3 Å². The highest BCUT2D eigenvalue weighted by Crippen LogP contribution is 2.25. The van der Waals surface area contributed by atoms with Crippen LogP contribution in [0.4, 0.5) is 0 Å². The largest absolute Gasteiger partial charge is 0.478 e. The summed E-state index contributed by atoms with van der Waals surface area (Å²) in [7, 11) is 0. The number of rotatable bonds is 2. The van der Waals surface area contributed by atoms with E-state index in [9.17, 15) is 4.79 Å². The third kappa shape index (κ3) is 2.36. The van der Waals surface area contributed by atoms with Crippen LogP contribution in [0.2, 0.25) is 0 Å². The second kappa shape index (κ2) is 4.45. The zero-order valence-corrected chi connectivity index (χ0v) is 8.48. The lowest BCUT2D eigenvalue weighted by atomic mass is 9.92. The molecule has 3 heteroatoms. The molecule has 1 aliphatic heterocycles. The number of benzene rings is 1. The molecule has 15 heavy (non-hydrogen) atoms. The van der Waals surface area contributed by atoms with E-state index in [-0.39, 0.29) is 0 Å². The first kappa shape index (κ1) is 10.2. The second-order valence-electron chi connectivity index (χ2n) is 3.84. The van der Waals surface area contributed by atoms with Crippen LogP contribution in [0.25, 0.3) is 0 Å². The van der Waals surface area contributed by atoms with Crippen LogP contribution in [-0.2, 0) is 4.74 Å². The molecule has 1 heterocycles. The Balaban J connectivity index is 2.19. The zero-order chi connectivity index (χ0) is 10.7. The molecule has 1 fully saturated rings. The summed E-state index contributed by atoms with van der Waals surface area (Å²) in [6.45, 7) is 1.54. The molecule has 0 aromatic heterocycles. The highest BCUT2D eigenvalue weighted by Gasteiger charge is 2.16. The predicted octanol–water partition coefficient (Wildman–Crippen LogP) is 2.28. The monoisotopic (exact) mass is 206 g/mol. The van der Waals surface area contributed by atoms with Crippen LogP contribution in [0.5, 0.6) is 0 Å². The van der Waals surface area contributed by atoms with Crippen LogP contribution in [0.1, 0.15) is 34.7 Å². The molecular formula is C12H14O3. The molecule has 3 nitrogen and oxygen atoms in total. The van der Waals surface area contributed by atoms with Crippen molar-refractivity contribution in [3.05, 3.63) is 35.4 Å². The van der Waals surface area contributed by atoms with E-state index in [0.717, 1.165) is 25.0 Å². The van der Waals surface area contributed by atoms with Crippen LogP contribution >= 0.6 is 0 Å². The summed E-state index contributed by atoms with van der Waals surface area (Å²) in [4.78, 5) is 10.8. The number of carboxylic acid groups (broad SMARTS) is 1. The standard InChI is InChI=1S/C12H14O3/c13-12(14)10-4-1-3-9(7-10)11-5-2-6-15-8-11/h1,3-4,7,11H,2,5-6,8H2,(H,13,14). The molecule has 0 saturated carbocycles. The minimum atomic E-state index is -0.867. The molecule has 80 valence electrons. The van der Waals surface area contributed by atoms with E-state index in [0.29, 0.717) is 18.1 Å². The SMILES string of the molecule is O=C(O)c1cccc(C2CCCOC2)c1. The molecule has 1 aromatic rings. The lowest BCUT2D eigenvalue weighted by Crippen LogP contribution is -2.15. The van der Waals surface area contributed by atoms with Crippen LogP contribution in [0, 0.1) is 0 Å². The molecule has 1 aliphatic rings. The average Bonchev–Trinajstić information content (AvgIpc) is 2.30. The normalized spacial score (nSPS) is 21.2. The van der Waals surface area contributed by atoms with Gasteiger partial charge in [-0.3, -0.25) is 0 Å². The van der Waals surface area contributed by atoms with Crippen molar-refractivity contribution in [2.24, 2.45) is 0 Å². The molecule has 0 bridgehead atoms. The van der Waals surface area contributed by atoms with Gasteiger partial charge in [0.25, 0.3) is 0 Å². The van der Waals surface area contributed by atoms with E-state index in [1.807, 2.05) is 6.07 Å². The number of carboxylic acids is 1. The maximum atomic E-state index is 10.8. The van der Waals surface area contributed by atoms with Crippen molar-refractivity contribution in [1.82, 2.24) is 0 Å². The van der Waals surface area contributed by atoms with E-state index in [4.69, 9.17) is 9.84 Å². The van der Waals surface area contributed by atoms with Crippen molar-refractivity contribution in [3.63, 3.8) is 0 Å². The topological polar surface area (TPSA) is 46.5 Å². The van der Waals surface area contributed by atoms with Gasteiger partial charge < -0.3 is 9.84 Å². The first-order valence-corrected chi connectivity index (χ1v) is 5.18. The van der Waals surface area contributed by atoms with Gasteiger partial charge in [-0.15, -0.1) is 0 Å². The first-order chi connectivity index (χ1) is 7.27. The fourth-order valence-corrected chi connectivity index (χ4v) is 1.93. The Morgan fingerprint density at radius 2 is 2.33 bits per heavy atom. The molecule has 1 N–H and O–H groups in total. The summed E-state index contributed by atoms with van der Waals surface area (Å²) in [6.07, 6.45) is 2.14. The number of hydrogen-bond donors (Lipinski definition) is 1. The fourth-order valence-electron chi connectivity index (χ4n) is 1.93. The molecule has 0 spiro atoms. The third-order valence-corrected chi connectivity index (χ3v) is 2.77. The average molecular weight is 206 g/mol. The minimum absolute atomic E-state index is 0.359. The van der Waals surface area contributed by atoms with Gasteiger partial charge in [-0.1, -0.05) is 12.1 Å². The van der Waals surface area contributed by atoms with E-state index < -0.39 is 5.97 Å². The maximum Gasteiger partial charge on any atom is 0.335 e. The molecule has 0 aliphatic carbocycles. The molecule has 1 atom stereocenters. The fraction of sp³-hybridized carbons (Fsp3) is 0.417. The van der Waals surface area contributed by atoms with Crippen molar-refractivity contribution >= 4 is 5.97 Å².